The Labute approximate surface area is 83.3 Å². The van der Waals surface area contributed by atoms with E-state index in [-0.39, 0.29) is 18.2 Å². The lowest BCUT2D eigenvalue weighted by Gasteiger charge is -2.30. The molecule has 1 aliphatic rings. The van der Waals surface area contributed by atoms with Crippen LogP contribution in [0.2, 0.25) is 0 Å². The first-order valence-electron chi connectivity index (χ1n) is 4.45. The molecule has 0 saturated carbocycles. The number of carbonyl (C=O) groups is 1. The zero-order valence-electron chi connectivity index (χ0n) is 7.85. The average Bonchev–Trinajstić information content (AvgIpc) is 2.06. The van der Waals surface area contributed by atoms with E-state index in [4.69, 9.17) is 10.9 Å². The minimum absolute atomic E-state index is 0.144. The van der Waals surface area contributed by atoms with Crippen LogP contribution in [0.15, 0.2) is 0 Å². The first kappa shape index (κ1) is 11.4. The maximum atomic E-state index is 11.4. The van der Waals surface area contributed by atoms with E-state index < -0.39 is 16.1 Å². The molecule has 1 atom stereocenters. The van der Waals surface area contributed by atoms with E-state index in [9.17, 15) is 13.2 Å². The van der Waals surface area contributed by atoms with Crippen molar-refractivity contribution in [3.8, 4) is 0 Å². The predicted molar refractivity (Wildman–Crippen MR) is 51.8 cm³/mol. The summed E-state index contributed by atoms with van der Waals surface area (Å²) in [7, 11) is -3.50. The Morgan fingerprint density at radius 1 is 1.50 bits per heavy atom. The third-order valence-electron chi connectivity index (χ3n) is 2.22. The van der Waals surface area contributed by atoms with Crippen molar-refractivity contribution in [1.82, 2.24) is 4.90 Å². The van der Waals surface area contributed by atoms with Gasteiger partial charge in [-0.2, -0.15) is 0 Å². The molecule has 0 bridgehead atoms. The third-order valence-corrected chi connectivity index (χ3v) is 2.97. The molecule has 14 heavy (non-hydrogen) atoms. The van der Waals surface area contributed by atoms with Crippen molar-refractivity contribution in [2.45, 2.75) is 18.9 Å². The Morgan fingerprint density at radius 3 is 2.71 bits per heavy atom. The number of hydrogen-bond donors (Lipinski definition) is 2. The van der Waals surface area contributed by atoms with Crippen LogP contribution >= 0.6 is 0 Å². The first-order valence-corrected chi connectivity index (χ1v) is 6.16. The maximum absolute atomic E-state index is 11.4. The second-order valence-corrected chi connectivity index (χ2v) is 5.17. The molecule has 1 amide bonds. The van der Waals surface area contributed by atoms with Gasteiger partial charge in [0.15, 0.2) is 0 Å². The fourth-order valence-corrected chi connectivity index (χ4v) is 1.90. The van der Waals surface area contributed by atoms with Crippen LogP contribution in [-0.4, -0.2) is 44.1 Å². The van der Waals surface area contributed by atoms with Gasteiger partial charge >= 0.3 is 0 Å². The number of hydrogen-bond acceptors (Lipinski definition) is 4. The maximum Gasteiger partial charge on any atom is 0.239 e. The monoisotopic (exact) mass is 221 g/mol. The molecular formula is C7H15N3O3S. The van der Waals surface area contributed by atoms with Gasteiger partial charge in [0.1, 0.15) is 0 Å². The van der Waals surface area contributed by atoms with Crippen LogP contribution in [0.25, 0.3) is 0 Å². The molecule has 1 rings (SSSR count). The minimum Gasteiger partial charge on any atom is -0.340 e. The summed E-state index contributed by atoms with van der Waals surface area (Å²) < 4.78 is 21.3. The first-order chi connectivity index (χ1) is 6.40. The highest BCUT2D eigenvalue weighted by molar-refractivity contribution is 7.89. The average molecular weight is 221 g/mol. The third kappa shape index (κ3) is 3.24. The highest BCUT2D eigenvalue weighted by atomic mass is 32.2. The van der Waals surface area contributed by atoms with E-state index >= 15 is 0 Å². The molecular weight excluding hydrogens is 206 g/mol. The Balaban J connectivity index is 2.48. The fraction of sp³-hybridized carbons (Fsp3) is 0.857. The number of carbonyl (C=O) groups excluding carboxylic acids is 1. The molecule has 0 aromatic rings. The molecule has 1 unspecified atom stereocenters. The molecule has 1 fully saturated rings. The molecule has 0 aromatic heterocycles. The van der Waals surface area contributed by atoms with E-state index in [1.165, 1.54) is 4.90 Å². The summed E-state index contributed by atoms with van der Waals surface area (Å²) in [6, 6.07) is -0.482. The zero-order valence-corrected chi connectivity index (χ0v) is 8.66. The van der Waals surface area contributed by atoms with Crippen molar-refractivity contribution in [2.75, 3.05) is 18.8 Å². The lowest BCUT2D eigenvalue weighted by atomic mass is 10.1. The van der Waals surface area contributed by atoms with Crippen molar-refractivity contribution in [3.63, 3.8) is 0 Å². The zero-order chi connectivity index (χ0) is 10.8. The van der Waals surface area contributed by atoms with Crippen molar-refractivity contribution in [2.24, 2.45) is 10.9 Å². The second-order valence-electron chi connectivity index (χ2n) is 3.44. The molecule has 1 heterocycles. The smallest absolute Gasteiger partial charge is 0.239 e. The molecule has 1 saturated heterocycles. The Bertz CT molecular complexity index is 314. The summed E-state index contributed by atoms with van der Waals surface area (Å²) in [6.07, 6.45) is 1.49. The highest BCUT2D eigenvalue weighted by Gasteiger charge is 2.25. The quantitative estimate of drug-likeness (QED) is 0.587. The summed E-state index contributed by atoms with van der Waals surface area (Å²) >= 11 is 0. The molecule has 0 aliphatic carbocycles. The highest BCUT2D eigenvalue weighted by Crippen LogP contribution is 2.09. The Hall–Kier alpha value is -0.660. The van der Waals surface area contributed by atoms with Crippen LogP contribution < -0.4 is 10.9 Å². The number of primary sulfonamides is 1. The predicted octanol–water partition coefficient (Wildman–Crippen LogP) is -1.78. The normalized spacial score (nSPS) is 24.0. The molecule has 0 spiro atoms. The fourth-order valence-electron chi connectivity index (χ4n) is 1.43. The number of piperidine rings is 1. The van der Waals surface area contributed by atoms with Gasteiger partial charge in [0.2, 0.25) is 15.9 Å². The van der Waals surface area contributed by atoms with Crippen LogP contribution in [0.3, 0.4) is 0 Å². The largest absolute Gasteiger partial charge is 0.340 e. The van der Waals surface area contributed by atoms with Gasteiger partial charge in [-0.25, -0.2) is 13.6 Å². The number of nitrogens with two attached hydrogens (primary N) is 2. The van der Waals surface area contributed by atoms with Crippen molar-refractivity contribution in [3.05, 3.63) is 0 Å². The van der Waals surface area contributed by atoms with Gasteiger partial charge in [0.25, 0.3) is 0 Å². The van der Waals surface area contributed by atoms with Crippen molar-refractivity contribution >= 4 is 15.9 Å². The van der Waals surface area contributed by atoms with E-state index in [1.54, 1.807) is 0 Å². The molecule has 82 valence electrons. The Morgan fingerprint density at radius 2 is 2.14 bits per heavy atom. The van der Waals surface area contributed by atoms with Gasteiger partial charge in [-0.15, -0.1) is 0 Å². The summed E-state index contributed by atoms with van der Waals surface area (Å²) in [6.45, 7) is 0.716. The molecule has 0 radical (unpaired) electrons. The summed E-state index contributed by atoms with van der Waals surface area (Å²) in [5, 5.41) is 4.84. The molecule has 0 aromatic carbocycles. The van der Waals surface area contributed by atoms with Gasteiger partial charge in [-0.1, -0.05) is 0 Å². The second kappa shape index (κ2) is 4.24. The van der Waals surface area contributed by atoms with Crippen LogP contribution in [0, 0.1) is 0 Å². The standard InChI is InChI=1S/C7H15N3O3S/c8-6-2-1-3-10(7(6)11)4-5-14(9,12)13/h6H,1-5,8H2,(H2,9,12,13). The van der Waals surface area contributed by atoms with Crippen LogP contribution in [0.4, 0.5) is 0 Å². The van der Waals surface area contributed by atoms with E-state index in [2.05, 4.69) is 0 Å². The minimum atomic E-state index is -3.50. The summed E-state index contributed by atoms with van der Waals surface area (Å²) in [4.78, 5) is 12.9. The lowest BCUT2D eigenvalue weighted by Crippen LogP contribution is -2.49. The van der Waals surface area contributed by atoms with Crippen molar-refractivity contribution < 1.29 is 13.2 Å². The number of amides is 1. The van der Waals surface area contributed by atoms with Gasteiger partial charge < -0.3 is 10.6 Å². The molecule has 4 N–H and O–H groups in total. The number of nitrogens with zero attached hydrogens (tertiary/aromatic N) is 1. The van der Waals surface area contributed by atoms with E-state index in [0.29, 0.717) is 13.0 Å². The van der Waals surface area contributed by atoms with Crippen LogP contribution in [-0.2, 0) is 14.8 Å². The summed E-state index contributed by atoms with van der Waals surface area (Å²) in [5.41, 5.74) is 5.54. The van der Waals surface area contributed by atoms with E-state index in [0.717, 1.165) is 6.42 Å². The summed E-state index contributed by atoms with van der Waals surface area (Å²) in [5.74, 6) is -0.384. The van der Waals surface area contributed by atoms with Crippen LogP contribution in [0.1, 0.15) is 12.8 Å². The molecule has 1 aliphatic heterocycles. The SMILES string of the molecule is NC1CCCN(CCS(N)(=O)=O)C1=O. The molecule has 6 nitrogen and oxygen atoms in total. The van der Waals surface area contributed by atoms with E-state index in [1.807, 2.05) is 0 Å². The molecule has 7 heteroatoms. The number of likely N-dealkylation sites (tertiary alicyclic amines) is 1. The topological polar surface area (TPSA) is 106 Å². The Kier molecular flexibility index (Phi) is 3.46. The number of sulfonamides is 1. The van der Waals surface area contributed by atoms with Gasteiger partial charge in [-0.05, 0) is 12.8 Å². The van der Waals surface area contributed by atoms with Crippen molar-refractivity contribution in [1.29, 1.82) is 0 Å². The lowest BCUT2D eigenvalue weighted by molar-refractivity contribution is -0.134. The number of rotatable bonds is 3. The van der Waals surface area contributed by atoms with Gasteiger partial charge in [-0.3, -0.25) is 4.79 Å². The van der Waals surface area contributed by atoms with Crippen LogP contribution in [0.5, 0.6) is 0 Å². The van der Waals surface area contributed by atoms with Gasteiger partial charge in [0.05, 0.1) is 11.8 Å². The van der Waals surface area contributed by atoms with Gasteiger partial charge in [0, 0.05) is 13.1 Å².